The van der Waals surface area contributed by atoms with Crippen LogP contribution in [0.25, 0.3) is 0 Å². The molecule has 1 aromatic rings. The number of likely N-dealkylation sites (tertiary alicyclic amines) is 1. The number of aromatic nitrogens is 2. The fraction of sp³-hybridized carbons (Fsp3) is 0.667. The van der Waals surface area contributed by atoms with Gasteiger partial charge in [0.15, 0.2) is 0 Å². The van der Waals surface area contributed by atoms with E-state index in [1.807, 2.05) is 19.3 Å². The maximum atomic E-state index is 12.2. The van der Waals surface area contributed by atoms with Gasteiger partial charge >= 0.3 is 0 Å². The van der Waals surface area contributed by atoms with Crippen LogP contribution in [0.5, 0.6) is 0 Å². The Hall–Kier alpha value is -1.65. The summed E-state index contributed by atoms with van der Waals surface area (Å²) in [6, 6.07) is 0.664. The molecule has 106 valence electrons. The van der Waals surface area contributed by atoms with Gasteiger partial charge in [-0.25, -0.2) is 9.97 Å². The molecule has 1 aromatic heterocycles. The van der Waals surface area contributed by atoms with Crippen molar-refractivity contribution in [2.75, 3.05) is 18.0 Å². The number of rotatable bonds is 3. The van der Waals surface area contributed by atoms with E-state index in [-0.39, 0.29) is 6.04 Å². The van der Waals surface area contributed by atoms with Crippen molar-refractivity contribution in [2.45, 2.75) is 44.7 Å². The third kappa shape index (κ3) is 1.96. The largest absolute Gasteiger partial charge is 0.337 e. The van der Waals surface area contributed by atoms with Gasteiger partial charge in [-0.3, -0.25) is 4.79 Å². The lowest BCUT2D eigenvalue weighted by Crippen LogP contribution is -2.38. The summed E-state index contributed by atoms with van der Waals surface area (Å²) in [6.45, 7) is 3.93. The molecule has 3 heterocycles. The number of hydrogen-bond donors (Lipinski definition) is 0. The first-order chi connectivity index (χ1) is 9.72. The summed E-state index contributed by atoms with van der Waals surface area (Å²) in [5.74, 6) is 1.87. The van der Waals surface area contributed by atoms with Crippen molar-refractivity contribution in [3.8, 4) is 0 Å². The number of aryl methyl sites for hydroxylation is 1. The van der Waals surface area contributed by atoms with Crippen molar-refractivity contribution in [1.82, 2.24) is 14.9 Å². The third-order valence-electron chi connectivity index (χ3n) is 4.79. The van der Waals surface area contributed by atoms with Crippen LogP contribution in [-0.2, 0) is 4.79 Å². The van der Waals surface area contributed by atoms with Gasteiger partial charge in [-0.1, -0.05) is 0 Å². The number of fused-ring (bicyclic) bond motifs is 1. The Labute approximate surface area is 119 Å². The minimum absolute atomic E-state index is 0.281. The van der Waals surface area contributed by atoms with E-state index >= 15 is 0 Å². The van der Waals surface area contributed by atoms with Gasteiger partial charge < -0.3 is 9.80 Å². The molecule has 3 aliphatic rings. The molecular formula is C15H20N4O. The van der Waals surface area contributed by atoms with Crippen molar-refractivity contribution < 1.29 is 4.79 Å². The highest BCUT2D eigenvalue weighted by atomic mass is 16.2. The van der Waals surface area contributed by atoms with Crippen LogP contribution in [0, 0.1) is 12.8 Å². The smallest absolute Gasteiger partial charge is 0.225 e. The van der Waals surface area contributed by atoms with Crippen molar-refractivity contribution in [1.29, 1.82) is 0 Å². The number of carbonyl (C=O) groups is 1. The monoisotopic (exact) mass is 272 g/mol. The van der Waals surface area contributed by atoms with E-state index in [1.54, 1.807) is 0 Å². The molecule has 0 radical (unpaired) electrons. The number of hydrogen-bond acceptors (Lipinski definition) is 4. The minimum Gasteiger partial charge on any atom is -0.337 e. The molecule has 2 aliphatic heterocycles. The summed E-state index contributed by atoms with van der Waals surface area (Å²) in [5, 5.41) is 0. The van der Waals surface area contributed by atoms with Gasteiger partial charge in [-0.05, 0) is 37.7 Å². The quantitative estimate of drug-likeness (QED) is 0.834. The average Bonchev–Trinajstić information content (AvgIpc) is 3.10. The van der Waals surface area contributed by atoms with Crippen molar-refractivity contribution in [3.05, 3.63) is 18.0 Å². The van der Waals surface area contributed by atoms with Crippen LogP contribution >= 0.6 is 0 Å². The van der Waals surface area contributed by atoms with Crippen LogP contribution < -0.4 is 4.90 Å². The van der Waals surface area contributed by atoms with Crippen LogP contribution in [0.4, 0.5) is 5.95 Å². The Morgan fingerprint density at radius 2 is 1.95 bits per heavy atom. The second-order valence-electron chi connectivity index (χ2n) is 6.37. The van der Waals surface area contributed by atoms with Gasteiger partial charge in [0.1, 0.15) is 0 Å². The number of nitrogens with zero attached hydrogens (tertiary/aromatic N) is 4. The average molecular weight is 272 g/mol. The molecule has 5 nitrogen and oxygen atoms in total. The van der Waals surface area contributed by atoms with Crippen LogP contribution in [0.1, 0.15) is 31.2 Å². The van der Waals surface area contributed by atoms with E-state index < -0.39 is 0 Å². The summed E-state index contributed by atoms with van der Waals surface area (Å²) in [4.78, 5) is 25.5. The number of carbonyl (C=O) groups excluding carboxylic acids is 1. The Morgan fingerprint density at radius 3 is 2.65 bits per heavy atom. The Balaban J connectivity index is 1.54. The predicted octanol–water partition coefficient (Wildman–Crippen LogP) is 1.37. The first-order valence-corrected chi connectivity index (χ1v) is 7.57. The SMILES string of the molecule is Cc1cnc(N2CC[C@@H]3[C@H]2CC(=O)N3CC2CC2)nc1. The van der Waals surface area contributed by atoms with Gasteiger partial charge in [0.05, 0.1) is 12.1 Å². The summed E-state index contributed by atoms with van der Waals surface area (Å²) in [6.07, 6.45) is 8.00. The molecule has 0 unspecified atom stereocenters. The predicted molar refractivity (Wildman–Crippen MR) is 75.4 cm³/mol. The van der Waals surface area contributed by atoms with E-state index in [2.05, 4.69) is 19.8 Å². The topological polar surface area (TPSA) is 49.3 Å². The van der Waals surface area contributed by atoms with Crippen molar-refractivity contribution >= 4 is 11.9 Å². The van der Waals surface area contributed by atoms with Gasteiger partial charge in [0, 0.05) is 31.9 Å². The van der Waals surface area contributed by atoms with Crippen molar-refractivity contribution in [3.63, 3.8) is 0 Å². The van der Waals surface area contributed by atoms with Gasteiger partial charge in [0.2, 0.25) is 11.9 Å². The van der Waals surface area contributed by atoms with E-state index in [0.29, 0.717) is 18.4 Å². The second kappa shape index (κ2) is 4.43. The fourth-order valence-electron chi connectivity index (χ4n) is 3.53. The highest BCUT2D eigenvalue weighted by molar-refractivity contribution is 5.81. The number of anilines is 1. The van der Waals surface area contributed by atoms with E-state index in [4.69, 9.17) is 0 Å². The fourth-order valence-corrected chi connectivity index (χ4v) is 3.53. The van der Waals surface area contributed by atoms with Crippen molar-refractivity contribution in [2.24, 2.45) is 5.92 Å². The molecule has 3 fully saturated rings. The van der Waals surface area contributed by atoms with Crippen LogP contribution in [0.2, 0.25) is 0 Å². The Kier molecular flexibility index (Phi) is 2.69. The first kappa shape index (κ1) is 12.1. The standard InChI is InChI=1S/C15H20N4O/c1-10-7-16-15(17-8-10)18-5-4-12-13(18)6-14(20)19(12)9-11-2-3-11/h7-8,11-13H,2-6,9H2,1H3/t12-,13-/m1/s1. The lowest BCUT2D eigenvalue weighted by molar-refractivity contribution is -0.129. The zero-order valence-corrected chi connectivity index (χ0v) is 11.8. The summed E-state index contributed by atoms with van der Waals surface area (Å²) < 4.78 is 0. The minimum atomic E-state index is 0.281. The van der Waals surface area contributed by atoms with Crippen LogP contribution in [0.3, 0.4) is 0 Å². The molecule has 0 spiro atoms. The number of amides is 1. The van der Waals surface area contributed by atoms with E-state index in [1.165, 1.54) is 12.8 Å². The normalized spacial score (nSPS) is 29.1. The molecule has 2 saturated heterocycles. The molecule has 4 rings (SSSR count). The van der Waals surface area contributed by atoms with Crippen LogP contribution in [-0.4, -0.2) is 45.9 Å². The third-order valence-corrected chi connectivity index (χ3v) is 4.79. The molecule has 1 saturated carbocycles. The molecular weight excluding hydrogens is 252 g/mol. The van der Waals surface area contributed by atoms with Gasteiger partial charge in [-0.15, -0.1) is 0 Å². The van der Waals surface area contributed by atoms with Gasteiger partial charge in [-0.2, -0.15) is 0 Å². The zero-order valence-electron chi connectivity index (χ0n) is 11.8. The molecule has 20 heavy (non-hydrogen) atoms. The molecule has 1 aliphatic carbocycles. The summed E-state index contributed by atoms with van der Waals surface area (Å²) in [5.41, 5.74) is 1.07. The summed E-state index contributed by atoms with van der Waals surface area (Å²) >= 11 is 0. The summed E-state index contributed by atoms with van der Waals surface area (Å²) in [7, 11) is 0. The second-order valence-corrected chi connectivity index (χ2v) is 6.37. The molecule has 0 aromatic carbocycles. The lowest BCUT2D eigenvalue weighted by Gasteiger charge is -2.25. The first-order valence-electron chi connectivity index (χ1n) is 7.57. The molecule has 5 heteroatoms. The lowest BCUT2D eigenvalue weighted by atomic mass is 10.1. The highest BCUT2D eigenvalue weighted by Gasteiger charge is 2.48. The molecule has 0 bridgehead atoms. The zero-order chi connectivity index (χ0) is 13.7. The highest BCUT2D eigenvalue weighted by Crippen LogP contribution is 2.38. The molecule has 0 N–H and O–H groups in total. The maximum Gasteiger partial charge on any atom is 0.225 e. The molecule has 1 amide bonds. The Morgan fingerprint density at radius 1 is 1.20 bits per heavy atom. The maximum absolute atomic E-state index is 12.2. The van der Waals surface area contributed by atoms with Crippen LogP contribution in [0.15, 0.2) is 12.4 Å². The Bertz CT molecular complexity index is 525. The molecule has 2 atom stereocenters. The van der Waals surface area contributed by atoms with Gasteiger partial charge in [0.25, 0.3) is 0 Å². The van der Waals surface area contributed by atoms with E-state index in [9.17, 15) is 4.79 Å². The van der Waals surface area contributed by atoms with E-state index in [0.717, 1.165) is 36.9 Å².